The molecule has 42 heavy (non-hydrogen) atoms. The summed E-state index contributed by atoms with van der Waals surface area (Å²) in [6.07, 6.45) is 3.12. The molecule has 0 bridgehead atoms. The van der Waals surface area contributed by atoms with Crippen molar-refractivity contribution >= 4 is 56.5 Å². The van der Waals surface area contributed by atoms with Gasteiger partial charge in [-0.25, -0.2) is 9.78 Å². The standard InChI is InChI=1S/C31H31N5O5S/c1-18-15-22(41-21-8-4-3-5-9-21)10-11-23(18)36-24-12-13-32-29-25(24)26(34-31(36)40)27(42-29)28(38)33-20-7-6-14-35(16-20)30(39)19(2)17-37/h3-5,8-13,15,19-20,37H,6-7,14,16-17H2,1-2H3,(H,33,38)(H,34,40). The van der Waals surface area contributed by atoms with Crippen LogP contribution in [0.4, 0.5) is 21.9 Å². The lowest BCUT2D eigenvalue weighted by atomic mass is 10.0. The van der Waals surface area contributed by atoms with Gasteiger partial charge in [0, 0.05) is 25.3 Å². The second-order valence-corrected chi connectivity index (χ2v) is 11.6. The number of likely N-dealkylation sites (tertiary alicyclic amines) is 1. The minimum absolute atomic E-state index is 0.121. The molecule has 2 aliphatic rings. The van der Waals surface area contributed by atoms with Crippen molar-refractivity contribution < 1.29 is 24.2 Å². The molecule has 6 rings (SSSR count). The van der Waals surface area contributed by atoms with Gasteiger partial charge in [-0.05, 0) is 61.7 Å². The number of benzene rings is 2. The van der Waals surface area contributed by atoms with Gasteiger partial charge in [-0.2, -0.15) is 0 Å². The van der Waals surface area contributed by atoms with E-state index >= 15 is 0 Å². The highest BCUT2D eigenvalue weighted by Gasteiger charge is 2.34. The number of anilines is 3. The Morgan fingerprint density at radius 2 is 1.98 bits per heavy atom. The molecular weight excluding hydrogens is 554 g/mol. The van der Waals surface area contributed by atoms with Crippen LogP contribution in [-0.4, -0.2) is 58.6 Å². The third-order valence-corrected chi connectivity index (χ3v) is 8.70. The van der Waals surface area contributed by atoms with Gasteiger partial charge in [0.05, 0.1) is 35.0 Å². The molecule has 4 heterocycles. The molecule has 11 heteroatoms. The smallest absolute Gasteiger partial charge is 0.331 e. The summed E-state index contributed by atoms with van der Waals surface area (Å²) in [5.41, 5.74) is 2.61. The first-order chi connectivity index (χ1) is 20.3. The third-order valence-electron chi connectivity index (χ3n) is 7.60. The molecule has 1 fully saturated rings. The van der Waals surface area contributed by atoms with E-state index in [1.54, 1.807) is 29.0 Å². The molecule has 2 unspecified atom stereocenters. The van der Waals surface area contributed by atoms with Gasteiger partial charge in [0.1, 0.15) is 21.2 Å². The van der Waals surface area contributed by atoms with E-state index in [0.29, 0.717) is 51.0 Å². The number of piperidine rings is 1. The summed E-state index contributed by atoms with van der Waals surface area (Å²) >= 11 is 1.22. The number of carbonyl (C=O) groups is 3. The molecule has 2 aromatic carbocycles. The molecular formula is C31H31N5O5S. The number of thiophene rings is 1. The highest BCUT2D eigenvalue weighted by molar-refractivity contribution is 7.21. The van der Waals surface area contributed by atoms with Crippen LogP contribution in [0.1, 0.15) is 35.0 Å². The largest absolute Gasteiger partial charge is 0.457 e. The van der Waals surface area contributed by atoms with Crippen LogP contribution in [0.3, 0.4) is 0 Å². The quantitative estimate of drug-likeness (QED) is 0.266. The fraction of sp³-hybridized carbons (Fsp3) is 0.290. The lowest BCUT2D eigenvalue weighted by Gasteiger charge is -2.34. The number of carbonyl (C=O) groups excluding carboxylic acids is 3. The van der Waals surface area contributed by atoms with Crippen molar-refractivity contribution in [3.05, 3.63) is 71.2 Å². The van der Waals surface area contributed by atoms with Gasteiger partial charge in [0.2, 0.25) is 5.91 Å². The first kappa shape index (κ1) is 27.7. The van der Waals surface area contributed by atoms with E-state index < -0.39 is 5.92 Å². The Kier molecular flexibility index (Phi) is 7.53. The molecule has 2 aromatic heterocycles. The zero-order chi connectivity index (χ0) is 29.4. The molecule has 0 aliphatic carbocycles. The summed E-state index contributed by atoms with van der Waals surface area (Å²) in [6, 6.07) is 16.2. The molecule has 10 nitrogen and oxygen atoms in total. The first-order valence-corrected chi connectivity index (χ1v) is 14.7. The summed E-state index contributed by atoms with van der Waals surface area (Å²) in [7, 11) is 0. The Balaban J connectivity index is 1.26. The second kappa shape index (κ2) is 11.4. The molecule has 0 saturated carbocycles. The Labute approximate surface area is 246 Å². The van der Waals surface area contributed by atoms with Gasteiger partial charge in [0.15, 0.2) is 0 Å². The molecule has 2 atom stereocenters. The second-order valence-electron chi connectivity index (χ2n) is 10.6. The topological polar surface area (TPSA) is 124 Å². The van der Waals surface area contributed by atoms with Crippen LogP contribution in [0.5, 0.6) is 11.5 Å². The third kappa shape index (κ3) is 5.17. The van der Waals surface area contributed by atoms with Gasteiger partial charge in [-0.15, -0.1) is 11.3 Å². The lowest BCUT2D eigenvalue weighted by Crippen LogP contribution is -2.51. The number of hydrogen-bond acceptors (Lipinski definition) is 7. The van der Waals surface area contributed by atoms with Crippen molar-refractivity contribution in [2.75, 3.05) is 29.9 Å². The number of aromatic nitrogens is 1. The number of para-hydroxylation sites is 1. The van der Waals surface area contributed by atoms with Gasteiger partial charge < -0.3 is 25.4 Å². The number of ether oxygens (including phenoxy) is 1. The molecule has 1 saturated heterocycles. The number of nitrogens with zero attached hydrogens (tertiary/aromatic N) is 3. The van der Waals surface area contributed by atoms with Gasteiger partial charge in [0.25, 0.3) is 5.91 Å². The maximum Gasteiger partial charge on any atom is 0.331 e. The van der Waals surface area contributed by atoms with Crippen LogP contribution < -0.4 is 20.3 Å². The van der Waals surface area contributed by atoms with Crippen LogP contribution in [0.2, 0.25) is 0 Å². The van der Waals surface area contributed by atoms with Crippen molar-refractivity contribution in [1.29, 1.82) is 0 Å². The van der Waals surface area contributed by atoms with Gasteiger partial charge in [-0.1, -0.05) is 25.1 Å². The number of nitrogens with one attached hydrogen (secondary N) is 2. The monoisotopic (exact) mass is 585 g/mol. The highest BCUT2D eigenvalue weighted by atomic mass is 32.1. The minimum atomic E-state index is -0.481. The SMILES string of the molecule is Cc1cc(Oc2ccccc2)ccc1N1C(=O)Nc2c(C(=O)NC3CCCN(C(=O)C(C)CO)C3)sc3nccc1c23. The van der Waals surface area contributed by atoms with E-state index in [0.717, 1.165) is 24.2 Å². The summed E-state index contributed by atoms with van der Waals surface area (Å²) in [5.74, 6) is 0.455. The van der Waals surface area contributed by atoms with E-state index in [9.17, 15) is 19.5 Å². The Morgan fingerprint density at radius 1 is 1.17 bits per heavy atom. The molecule has 0 radical (unpaired) electrons. The van der Waals surface area contributed by atoms with Crippen molar-refractivity contribution in [2.45, 2.75) is 32.7 Å². The molecule has 216 valence electrons. The normalized spacial score (nSPS) is 17.1. The first-order valence-electron chi connectivity index (χ1n) is 13.9. The average molecular weight is 586 g/mol. The number of pyridine rings is 1. The fourth-order valence-corrected chi connectivity index (χ4v) is 6.51. The van der Waals surface area contributed by atoms with Crippen LogP contribution >= 0.6 is 11.3 Å². The van der Waals surface area contributed by atoms with E-state index in [1.165, 1.54) is 11.3 Å². The Bertz CT molecular complexity index is 1670. The number of aryl methyl sites for hydroxylation is 1. The molecule has 4 amide bonds. The van der Waals surface area contributed by atoms with Crippen molar-refractivity contribution in [1.82, 2.24) is 15.2 Å². The van der Waals surface area contributed by atoms with Gasteiger partial charge >= 0.3 is 6.03 Å². The number of hydrogen-bond donors (Lipinski definition) is 3. The summed E-state index contributed by atoms with van der Waals surface area (Å²) in [4.78, 5) is 48.5. The zero-order valence-corrected chi connectivity index (χ0v) is 24.1. The molecule has 0 spiro atoms. The van der Waals surface area contributed by atoms with Crippen molar-refractivity contribution in [2.24, 2.45) is 5.92 Å². The van der Waals surface area contributed by atoms with E-state index in [1.807, 2.05) is 55.5 Å². The van der Waals surface area contributed by atoms with Crippen molar-refractivity contribution in [3.63, 3.8) is 0 Å². The fourth-order valence-electron chi connectivity index (χ4n) is 5.49. The average Bonchev–Trinajstić information content (AvgIpc) is 3.37. The highest BCUT2D eigenvalue weighted by Crippen LogP contribution is 2.46. The maximum absolute atomic E-state index is 13.6. The number of aliphatic hydroxyl groups excluding tert-OH is 1. The Morgan fingerprint density at radius 3 is 2.74 bits per heavy atom. The predicted octanol–water partition coefficient (Wildman–Crippen LogP) is 5.43. The summed E-state index contributed by atoms with van der Waals surface area (Å²) in [5, 5.41) is 16.1. The van der Waals surface area contributed by atoms with Gasteiger partial charge in [-0.3, -0.25) is 14.5 Å². The number of aliphatic hydroxyl groups is 1. The van der Waals surface area contributed by atoms with E-state index in [4.69, 9.17) is 4.74 Å². The van der Waals surface area contributed by atoms with Crippen molar-refractivity contribution in [3.8, 4) is 11.5 Å². The minimum Gasteiger partial charge on any atom is -0.457 e. The number of rotatable bonds is 7. The molecule has 2 aliphatic heterocycles. The Hall–Kier alpha value is -4.48. The lowest BCUT2D eigenvalue weighted by molar-refractivity contribution is -0.137. The molecule has 4 aromatic rings. The van der Waals surface area contributed by atoms with E-state index in [-0.39, 0.29) is 30.5 Å². The molecule has 3 N–H and O–H groups in total. The number of amides is 4. The van der Waals surface area contributed by atoms with E-state index in [2.05, 4.69) is 15.6 Å². The summed E-state index contributed by atoms with van der Waals surface area (Å²) < 4.78 is 5.97. The zero-order valence-electron chi connectivity index (χ0n) is 23.3. The number of urea groups is 1. The maximum atomic E-state index is 13.6. The predicted molar refractivity (Wildman–Crippen MR) is 162 cm³/mol. The van der Waals surface area contributed by atoms with Crippen LogP contribution in [0.15, 0.2) is 60.8 Å². The van der Waals surface area contributed by atoms with Crippen LogP contribution in [0.25, 0.3) is 10.2 Å². The van der Waals surface area contributed by atoms with Crippen LogP contribution in [0, 0.1) is 12.8 Å². The summed E-state index contributed by atoms with van der Waals surface area (Å²) in [6.45, 7) is 4.37. The van der Waals surface area contributed by atoms with Crippen LogP contribution in [-0.2, 0) is 4.79 Å².